The van der Waals surface area contributed by atoms with E-state index in [9.17, 15) is 9.59 Å². The number of carbonyl (C=O) groups excluding carboxylic acids is 1. The van der Waals surface area contributed by atoms with Crippen molar-refractivity contribution in [2.24, 2.45) is 0 Å². The smallest absolute Gasteiger partial charge is 0.251 e. The molecule has 1 atom stereocenters. The molecule has 31 heavy (non-hydrogen) atoms. The lowest BCUT2D eigenvalue weighted by Crippen LogP contribution is -2.40. The molecule has 0 aliphatic carbocycles. The quantitative estimate of drug-likeness (QED) is 0.631. The highest BCUT2D eigenvalue weighted by Gasteiger charge is 2.30. The summed E-state index contributed by atoms with van der Waals surface area (Å²) in [5, 5.41) is 3.92. The lowest BCUT2D eigenvalue weighted by molar-refractivity contribution is -0.134. The van der Waals surface area contributed by atoms with E-state index in [2.05, 4.69) is 4.98 Å². The highest BCUT2D eigenvalue weighted by Crippen LogP contribution is 2.32. The van der Waals surface area contributed by atoms with Gasteiger partial charge in [-0.05, 0) is 48.9 Å². The highest BCUT2D eigenvalue weighted by atomic mass is 32.1. The molecular weight excluding hydrogens is 414 g/mol. The third kappa shape index (κ3) is 4.64. The Bertz CT molecular complexity index is 1110. The lowest BCUT2D eigenvalue weighted by atomic mass is 9.99. The van der Waals surface area contributed by atoms with E-state index in [0.29, 0.717) is 29.6 Å². The van der Waals surface area contributed by atoms with E-state index in [0.717, 1.165) is 30.4 Å². The highest BCUT2D eigenvalue weighted by molar-refractivity contribution is 7.08. The van der Waals surface area contributed by atoms with Crippen molar-refractivity contribution >= 4 is 17.2 Å². The molecule has 1 N–H and O–H groups in total. The fourth-order valence-corrected chi connectivity index (χ4v) is 4.64. The van der Waals surface area contributed by atoms with Crippen molar-refractivity contribution < 1.29 is 14.3 Å². The van der Waals surface area contributed by atoms with E-state index in [4.69, 9.17) is 14.5 Å². The first-order valence-electron chi connectivity index (χ1n) is 10.2. The fraction of sp³-hybridized carbons (Fsp3) is 0.348. The van der Waals surface area contributed by atoms with Gasteiger partial charge in [-0.15, -0.1) is 0 Å². The predicted molar refractivity (Wildman–Crippen MR) is 120 cm³/mol. The van der Waals surface area contributed by atoms with Gasteiger partial charge in [0.15, 0.2) is 0 Å². The van der Waals surface area contributed by atoms with Gasteiger partial charge in [0.05, 0.1) is 32.4 Å². The maximum absolute atomic E-state index is 13.3. The molecular formula is C23H25N3O4S. The van der Waals surface area contributed by atoms with Crippen LogP contribution in [-0.4, -0.2) is 41.5 Å². The number of rotatable bonds is 6. The van der Waals surface area contributed by atoms with Crippen LogP contribution in [0.15, 0.2) is 45.9 Å². The van der Waals surface area contributed by atoms with Crippen LogP contribution in [0.5, 0.6) is 11.5 Å². The molecule has 7 nitrogen and oxygen atoms in total. The van der Waals surface area contributed by atoms with Gasteiger partial charge in [0, 0.05) is 29.1 Å². The molecule has 3 aromatic rings. The van der Waals surface area contributed by atoms with Gasteiger partial charge >= 0.3 is 0 Å². The molecule has 1 fully saturated rings. The molecule has 1 aromatic carbocycles. The normalized spacial score (nSPS) is 16.2. The number of nitrogens with one attached hydrogen (secondary N) is 1. The Labute approximate surface area is 184 Å². The predicted octanol–water partition coefficient (Wildman–Crippen LogP) is 3.81. The molecule has 0 spiro atoms. The number of H-pyrrole nitrogens is 1. The summed E-state index contributed by atoms with van der Waals surface area (Å²) < 4.78 is 10.7. The number of aromatic amines is 1. The molecule has 4 rings (SSSR count). The van der Waals surface area contributed by atoms with Crippen LogP contribution < -0.4 is 15.0 Å². The first-order chi connectivity index (χ1) is 15.1. The molecule has 8 heteroatoms. The number of methoxy groups -OCH3 is 2. The lowest BCUT2D eigenvalue weighted by Gasteiger charge is -2.35. The molecule has 2 aromatic heterocycles. The third-order valence-electron chi connectivity index (χ3n) is 5.54. The van der Waals surface area contributed by atoms with E-state index in [-0.39, 0.29) is 23.9 Å². The molecule has 3 heterocycles. The van der Waals surface area contributed by atoms with Crippen molar-refractivity contribution in [3.63, 3.8) is 0 Å². The number of aromatic nitrogens is 2. The maximum atomic E-state index is 13.3. The van der Waals surface area contributed by atoms with Crippen LogP contribution >= 0.6 is 11.3 Å². The molecule has 0 saturated carbocycles. The van der Waals surface area contributed by atoms with Gasteiger partial charge in [-0.3, -0.25) is 9.59 Å². The van der Waals surface area contributed by atoms with Crippen molar-refractivity contribution in [3.8, 4) is 22.8 Å². The fourth-order valence-electron chi connectivity index (χ4n) is 3.99. The van der Waals surface area contributed by atoms with E-state index >= 15 is 0 Å². The van der Waals surface area contributed by atoms with Crippen molar-refractivity contribution in [3.05, 3.63) is 62.8 Å². The molecule has 1 aliphatic heterocycles. The van der Waals surface area contributed by atoms with Crippen molar-refractivity contribution in [2.45, 2.75) is 31.7 Å². The van der Waals surface area contributed by atoms with Crippen molar-refractivity contribution in [2.75, 3.05) is 20.8 Å². The summed E-state index contributed by atoms with van der Waals surface area (Å²) in [7, 11) is 3.18. The standard InChI is InChI=1S/C23H25N3O4S/c1-29-17-6-7-20(30-2)16(11-17)12-22(28)26-9-4-3-5-19(26)23-24-18(13-21(27)25-23)15-8-10-31-14-15/h6-8,10-11,13-14,19H,3-5,9,12H2,1-2H3,(H,24,25,27)/t19-/m0/s1. The first kappa shape index (κ1) is 21.1. The average Bonchev–Trinajstić information content (AvgIpc) is 3.33. The molecule has 0 radical (unpaired) electrons. The van der Waals surface area contributed by atoms with Crippen LogP contribution in [0.3, 0.4) is 0 Å². The third-order valence-corrected chi connectivity index (χ3v) is 6.23. The largest absolute Gasteiger partial charge is 0.497 e. The van der Waals surface area contributed by atoms with Gasteiger partial charge in [-0.1, -0.05) is 0 Å². The van der Waals surface area contributed by atoms with Gasteiger partial charge in [0.25, 0.3) is 5.56 Å². The summed E-state index contributed by atoms with van der Waals surface area (Å²) in [5.41, 5.74) is 2.10. The van der Waals surface area contributed by atoms with Crippen LogP contribution in [-0.2, 0) is 11.2 Å². The number of benzene rings is 1. The second-order valence-corrected chi connectivity index (χ2v) is 8.26. The number of thiophene rings is 1. The van der Waals surface area contributed by atoms with E-state index in [1.165, 1.54) is 6.07 Å². The molecule has 162 valence electrons. The molecule has 0 unspecified atom stereocenters. The Hall–Kier alpha value is -3.13. The summed E-state index contributed by atoms with van der Waals surface area (Å²) in [6, 6.07) is 8.62. The van der Waals surface area contributed by atoms with Gasteiger partial charge in [-0.2, -0.15) is 11.3 Å². The van der Waals surface area contributed by atoms with E-state index in [1.807, 2.05) is 27.8 Å². The minimum Gasteiger partial charge on any atom is -0.497 e. The first-order valence-corrected chi connectivity index (χ1v) is 11.2. The van der Waals surface area contributed by atoms with E-state index < -0.39 is 0 Å². The van der Waals surface area contributed by atoms with Gasteiger partial charge < -0.3 is 19.4 Å². The second-order valence-electron chi connectivity index (χ2n) is 7.48. The Morgan fingerprint density at radius 3 is 2.84 bits per heavy atom. The van der Waals surface area contributed by atoms with Gasteiger partial charge in [-0.25, -0.2) is 4.98 Å². The maximum Gasteiger partial charge on any atom is 0.251 e. The molecule has 1 amide bonds. The Morgan fingerprint density at radius 2 is 2.10 bits per heavy atom. The number of ether oxygens (including phenoxy) is 2. The SMILES string of the molecule is COc1ccc(OC)c(CC(=O)N2CCCC[C@H]2c2nc(-c3ccsc3)cc(=O)[nH]2)c1. The van der Waals surface area contributed by atoms with Crippen LogP contribution in [0.2, 0.25) is 0 Å². The molecule has 1 saturated heterocycles. The monoisotopic (exact) mass is 439 g/mol. The Morgan fingerprint density at radius 1 is 1.23 bits per heavy atom. The Kier molecular flexibility index (Phi) is 6.36. The van der Waals surface area contributed by atoms with Crippen LogP contribution in [0.4, 0.5) is 0 Å². The number of hydrogen-bond donors (Lipinski definition) is 1. The second kappa shape index (κ2) is 9.34. The number of amides is 1. The zero-order chi connectivity index (χ0) is 21.8. The summed E-state index contributed by atoms with van der Waals surface area (Å²) in [6.45, 7) is 0.627. The summed E-state index contributed by atoms with van der Waals surface area (Å²) in [6.07, 6.45) is 2.84. The minimum absolute atomic E-state index is 0.0279. The van der Waals surface area contributed by atoms with Crippen LogP contribution in [0.1, 0.15) is 36.7 Å². The zero-order valence-electron chi connectivity index (χ0n) is 17.6. The summed E-state index contributed by atoms with van der Waals surface area (Å²) >= 11 is 1.56. The van der Waals surface area contributed by atoms with Crippen LogP contribution in [0, 0.1) is 0 Å². The topological polar surface area (TPSA) is 84.5 Å². The number of carbonyl (C=O) groups is 1. The number of hydrogen-bond acceptors (Lipinski definition) is 6. The van der Waals surface area contributed by atoms with Gasteiger partial charge in [0.1, 0.15) is 17.3 Å². The average molecular weight is 440 g/mol. The van der Waals surface area contributed by atoms with Crippen LogP contribution in [0.25, 0.3) is 11.3 Å². The summed E-state index contributed by atoms with van der Waals surface area (Å²) in [5.74, 6) is 1.83. The number of piperidine rings is 1. The molecule has 1 aliphatic rings. The van der Waals surface area contributed by atoms with Crippen molar-refractivity contribution in [1.82, 2.24) is 14.9 Å². The van der Waals surface area contributed by atoms with Gasteiger partial charge in [0.2, 0.25) is 5.91 Å². The minimum atomic E-state index is -0.260. The Balaban J connectivity index is 1.63. The molecule has 0 bridgehead atoms. The van der Waals surface area contributed by atoms with E-state index in [1.54, 1.807) is 37.7 Å². The zero-order valence-corrected chi connectivity index (χ0v) is 18.4. The summed E-state index contributed by atoms with van der Waals surface area (Å²) in [4.78, 5) is 35.1. The number of likely N-dealkylation sites (tertiary alicyclic amines) is 1. The number of nitrogens with zero attached hydrogens (tertiary/aromatic N) is 2. The van der Waals surface area contributed by atoms with Crippen molar-refractivity contribution in [1.29, 1.82) is 0 Å².